The Bertz CT molecular complexity index is 1190. The van der Waals surface area contributed by atoms with Crippen LogP contribution < -0.4 is 33.2 Å². The number of hydrogen-bond acceptors (Lipinski definition) is 16. The Morgan fingerprint density at radius 2 is 0.750 bits per heavy atom. The third-order valence-corrected chi connectivity index (χ3v) is 20.6. The van der Waals surface area contributed by atoms with Crippen molar-refractivity contribution in [3.63, 3.8) is 0 Å². The van der Waals surface area contributed by atoms with E-state index in [0.717, 1.165) is 0 Å². The smallest absolute Gasteiger partial charge is 0.480 e. The molecule has 0 fully saturated rings. The molecule has 0 saturated heterocycles. The van der Waals surface area contributed by atoms with Gasteiger partial charge in [-0.1, -0.05) is 0 Å². The van der Waals surface area contributed by atoms with E-state index in [0.29, 0.717) is 0 Å². The molecule has 0 aromatic carbocycles. The van der Waals surface area contributed by atoms with Crippen molar-refractivity contribution < 1.29 is 74.8 Å². The van der Waals surface area contributed by atoms with E-state index in [2.05, 4.69) is 16.0 Å². The summed E-state index contributed by atoms with van der Waals surface area (Å²) < 4.78 is 49.4. The van der Waals surface area contributed by atoms with Crippen LogP contribution >= 0.6 is 38.7 Å². The van der Waals surface area contributed by atoms with Crippen molar-refractivity contribution in [2.75, 3.05) is 92.7 Å². The molecule has 0 saturated carbocycles. The second-order valence-electron chi connectivity index (χ2n) is 12.6. The molecule has 6 unspecified atom stereocenters. The molecule has 0 aliphatic heterocycles. The van der Waals surface area contributed by atoms with Gasteiger partial charge in [-0.2, -0.15) is 0 Å². The first-order valence-electron chi connectivity index (χ1n) is 17.6. The van der Waals surface area contributed by atoms with E-state index in [-0.39, 0.29) is 93.2 Å². The Hall–Kier alpha value is -2.74. The number of aliphatic carboxylic acids is 3. The van der Waals surface area contributed by atoms with Gasteiger partial charge in [0.15, 0.2) is 0 Å². The molecule has 6 atom stereocenters. The molecule has 0 rings (SSSR count). The number of phosphoric acid groups is 1. The molecule has 0 aliphatic carbocycles. The quantitative estimate of drug-likeness (QED) is 0.0367. The summed E-state index contributed by atoms with van der Waals surface area (Å²) in [6.45, 7) is 4.77. The molecule has 0 heterocycles. The number of carboxylic acids is 3. The van der Waals surface area contributed by atoms with Gasteiger partial charge in [-0.25, -0.2) is 30.9 Å². The molecular formula is C30H63N6O16PS3. The van der Waals surface area contributed by atoms with Gasteiger partial charge in [0.2, 0.25) is 0 Å². The molecule has 0 spiro atoms. The number of hydrogen-bond donors (Lipinski definition) is 9. The molecule has 56 heavy (non-hydrogen) atoms. The van der Waals surface area contributed by atoms with Crippen molar-refractivity contribution in [1.29, 1.82) is 0 Å². The number of nitrogens with one attached hydrogen (secondary N) is 3. The maximum Gasteiger partial charge on any atom is 0.503 e. The Morgan fingerprint density at radius 3 is 0.946 bits per heavy atom. The lowest BCUT2D eigenvalue weighted by Crippen LogP contribution is -2.35. The van der Waals surface area contributed by atoms with Crippen molar-refractivity contribution in [3.8, 4) is 0 Å². The number of alkyl carbamates (subject to hydrolysis) is 3. The minimum atomic E-state index is -4.95. The Labute approximate surface area is 332 Å². The van der Waals surface area contributed by atoms with Gasteiger partial charge in [0.1, 0.15) is 18.1 Å². The first-order chi connectivity index (χ1) is 26.0. The van der Waals surface area contributed by atoms with Crippen LogP contribution in [-0.4, -0.2) is 162 Å². The third kappa shape index (κ3) is 22.9. The van der Waals surface area contributed by atoms with Crippen LogP contribution in [-0.2, 0) is 45.1 Å². The number of nitrogens with two attached hydrogens (primary N) is 3. The first kappa shape index (κ1) is 53.3. The molecular weight excluding hydrogens is 828 g/mol. The average molecular weight is 891 g/mol. The minimum Gasteiger partial charge on any atom is -0.480 e. The summed E-state index contributed by atoms with van der Waals surface area (Å²) in [7, 11) is -13.3. The summed E-state index contributed by atoms with van der Waals surface area (Å²) in [6, 6.07) is -4.06. The van der Waals surface area contributed by atoms with Crippen LogP contribution in [0.3, 0.4) is 0 Å². The van der Waals surface area contributed by atoms with Crippen LogP contribution in [0, 0.1) is 0 Å². The van der Waals surface area contributed by atoms with E-state index in [1.54, 1.807) is 39.5 Å². The molecule has 0 radical (unpaired) electrons. The molecule has 26 heteroatoms. The average Bonchev–Trinajstić information content (AvgIpc) is 3.08. The van der Waals surface area contributed by atoms with Crippen molar-refractivity contribution in [2.45, 2.75) is 58.2 Å². The topological polar surface area (TPSA) is 350 Å². The highest BCUT2D eigenvalue weighted by atomic mass is 32.3. The standard InChI is InChI=1S/C30H63N6O16PS3/c1-7-47-28(43)34-13-19-54(4,16-10-22(31)25(37)38)50-53(46,51-55(5,17-11-23(32)26(39)40)20-14-35-29(44)48-8-2)52-56(6,18-12-24(33)27(41)42)21-15-36-30(45)49-9-3/h22-24H,7-21,31-33H2,1-6H3,(H,34,43)(H,35,44)(H,36,45)(H,37,38)(H,39,40)(H,41,42). The summed E-state index contributed by atoms with van der Waals surface area (Å²) in [6.07, 6.45) is 1.90. The molecule has 0 aliphatic rings. The largest absolute Gasteiger partial charge is 0.503 e. The predicted octanol–water partition coefficient (Wildman–Crippen LogP) is 1.84. The lowest BCUT2D eigenvalue weighted by Gasteiger charge is -2.46. The fraction of sp³-hybridized carbons (Fsp3) is 0.800. The van der Waals surface area contributed by atoms with E-state index in [1.165, 1.54) is 0 Å². The van der Waals surface area contributed by atoms with Crippen molar-refractivity contribution in [2.24, 2.45) is 17.2 Å². The summed E-state index contributed by atoms with van der Waals surface area (Å²) >= 11 is 0. The van der Waals surface area contributed by atoms with Crippen LogP contribution in [0.5, 0.6) is 0 Å². The Balaban J connectivity index is 7.29. The number of ether oxygens (including phenoxy) is 3. The van der Waals surface area contributed by atoms with Gasteiger partial charge in [-0.05, 0) is 58.8 Å². The SMILES string of the molecule is CCOC(=O)NCCS(C)(CCC(N)C(=O)O)OP(=O)(OS(C)(CCNC(=O)OCC)CCC(N)C(=O)O)OS(C)(CCNC(=O)OCC)CCC(N)C(=O)O. The van der Waals surface area contributed by atoms with Gasteiger partial charge < -0.3 is 62.7 Å². The zero-order valence-corrected chi connectivity index (χ0v) is 36.2. The van der Waals surface area contributed by atoms with E-state index >= 15 is 4.57 Å². The maximum absolute atomic E-state index is 15.4. The van der Waals surface area contributed by atoms with Gasteiger partial charge in [-0.15, -0.1) is 30.9 Å². The number of carbonyl (C=O) groups is 6. The molecule has 3 amide bonds. The van der Waals surface area contributed by atoms with Gasteiger partial charge in [0.05, 0.1) is 19.8 Å². The van der Waals surface area contributed by atoms with Crippen LogP contribution in [0.25, 0.3) is 0 Å². The van der Waals surface area contributed by atoms with Crippen LogP contribution in [0.4, 0.5) is 14.4 Å². The lowest BCUT2D eigenvalue weighted by atomic mass is 10.2. The van der Waals surface area contributed by atoms with Crippen LogP contribution in [0.15, 0.2) is 0 Å². The van der Waals surface area contributed by atoms with E-state index in [9.17, 15) is 44.1 Å². The van der Waals surface area contributed by atoms with Gasteiger partial charge in [-0.3, -0.25) is 14.4 Å². The molecule has 12 N–H and O–H groups in total. The number of carboxylic acid groups (broad SMARTS) is 3. The Kier molecular flexibility index (Phi) is 25.0. The maximum atomic E-state index is 15.4. The third-order valence-electron chi connectivity index (χ3n) is 7.58. The summed E-state index contributed by atoms with van der Waals surface area (Å²) in [4.78, 5) is 71.4. The highest BCUT2D eigenvalue weighted by Gasteiger charge is 2.45. The zero-order chi connectivity index (χ0) is 43.2. The monoisotopic (exact) mass is 890 g/mol. The molecule has 0 bridgehead atoms. The van der Waals surface area contributed by atoms with Gasteiger partial charge in [0.25, 0.3) is 0 Å². The second-order valence-corrected chi connectivity index (χ2v) is 24.8. The predicted molar refractivity (Wildman–Crippen MR) is 216 cm³/mol. The number of carbonyl (C=O) groups excluding carboxylic acids is 3. The van der Waals surface area contributed by atoms with E-state index in [4.69, 9.17) is 43.3 Å². The van der Waals surface area contributed by atoms with E-state index in [1.807, 2.05) is 0 Å². The van der Waals surface area contributed by atoms with Gasteiger partial charge >= 0.3 is 44.0 Å². The minimum absolute atomic E-state index is 0.0322. The Morgan fingerprint density at radius 1 is 0.518 bits per heavy atom. The van der Waals surface area contributed by atoms with Crippen molar-refractivity contribution in [3.05, 3.63) is 0 Å². The highest BCUT2D eigenvalue weighted by Crippen LogP contribution is 2.75. The molecule has 0 aromatic heterocycles. The first-order valence-corrected chi connectivity index (χ1v) is 26.0. The zero-order valence-electron chi connectivity index (χ0n) is 32.9. The van der Waals surface area contributed by atoms with Gasteiger partial charge in [0, 0.05) is 54.2 Å². The fourth-order valence-corrected chi connectivity index (χ4v) is 16.9. The highest BCUT2D eigenvalue weighted by molar-refractivity contribution is 8.35. The molecule has 0 aromatic rings. The summed E-state index contributed by atoms with van der Waals surface area (Å²) in [5, 5.41) is 36.2. The van der Waals surface area contributed by atoms with Crippen molar-refractivity contribution in [1.82, 2.24) is 16.0 Å². The summed E-state index contributed by atoms with van der Waals surface area (Å²) in [5.74, 6) is -4.27. The van der Waals surface area contributed by atoms with Crippen LogP contribution in [0.2, 0.25) is 0 Å². The molecule has 332 valence electrons. The summed E-state index contributed by atoms with van der Waals surface area (Å²) in [5.41, 5.74) is 17.5. The number of amides is 3. The second kappa shape index (κ2) is 26.3. The number of rotatable bonds is 30. The fourth-order valence-electron chi connectivity index (χ4n) is 4.38. The van der Waals surface area contributed by atoms with Crippen molar-refractivity contribution >= 4 is 74.9 Å². The normalized spacial score (nSPS) is 18.9. The molecule has 22 nitrogen and oxygen atoms in total. The lowest BCUT2D eigenvalue weighted by molar-refractivity contribution is -0.139. The van der Waals surface area contributed by atoms with E-state index < -0.39 is 93.1 Å². The van der Waals surface area contributed by atoms with Crippen LogP contribution in [0.1, 0.15) is 40.0 Å².